The lowest BCUT2D eigenvalue weighted by molar-refractivity contribution is -0.137. The molecule has 0 atom stereocenters. The smallest absolute Gasteiger partial charge is 0.368 e. The molecular formula is C22H26F3N3O3S. The molecule has 0 radical (unpaired) electrons. The van der Waals surface area contributed by atoms with E-state index in [1.807, 2.05) is 30.3 Å². The number of halogens is 3. The molecule has 0 N–H and O–H groups in total. The quantitative estimate of drug-likeness (QED) is 0.626. The van der Waals surface area contributed by atoms with Crippen LogP contribution >= 0.6 is 0 Å². The number of amides is 1. The number of anilines is 1. The molecule has 1 fully saturated rings. The second kappa shape index (κ2) is 9.91. The normalized spacial score (nSPS) is 15.3. The molecule has 1 aliphatic heterocycles. The van der Waals surface area contributed by atoms with Crippen molar-refractivity contribution in [2.24, 2.45) is 0 Å². The second-order valence-electron chi connectivity index (χ2n) is 7.75. The van der Waals surface area contributed by atoms with Crippen molar-refractivity contribution in [3.05, 3.63) is 65.7 Å². The Morgan fingerprint density at radius 1 is 1.00 bits per heavy atom. The first kappa shape index (κ1) is 24.1. The number of sulfonamides is 1. The minimum Gasteiger partial charge on any atom is -0.368 e. The Bertz CT molecular complexity index is 1020. The molecular weight excluding hydrogens is 443 g/mol. The Hall–Kier alpha value is -2.59. The molecule has 6 nitrogen and oxygen atoms in total. The number of nitrogens with zero attached hydrogens (tertiary/aromatic N) is 3. The van der Waals surface area contributed by atoms with Gasteiger partial charge in [-0.1, -0.05) is 36.4 Å². The lowest BCUT2D eigenvalue weighted by Crippen LogP contribution is -2.52. The van der Waals surface area contributed by atoms with Crippen LogP contribution in [0.1, 0.15) is 11.1 Å². The van der Waals surface area contributed by atoms with Gasteiger partial charge < -0.3 is 9.80 Å². The number of piperazine rings is 1. The van der Waals surface area contributed by atoms with Crippen LogP contribution in [0.15, 0.2) is 54.6 Å². The fourth-order valence-electron chi connectivity index (χ4n) is 3.60. The molecule has 0 unspecified atom stereocenters. The summed E-state index contributed by atoms with van der Waals surface area (Å²) in [5.41, 5.74) is 0.714. The van der Waals surface area contributed by atoms with E-state index in [2.05, 4.69) is 0 Å². The lowest BCUT2D eigenvalue weighted by atomic mass is 10.1. The van der Waals surface area contributed by atoms with Crippen molar-refractivity contribution < 1.29 is 26.4 Å². The molecule has 32 heavy (non-hydrogen) atoms. The molecule has 0 aromatic heterocycles. The van der Waals surface area contributed by atoms with E-state index in [1.165, 1.54) is 10.4 Å². The van der Waals surface area contributed by atoms with Crippen LogP contribution in [0.5, 0.6) is 0 Å². The third kappa shape index (κ3) is 6.46. The predicted molar refractivity (Wildman–Crippen MR) is 117 cm³/mol. The van der Waals surface area contributed by atoms with Gasteiger partial charge in [0, 0.05) is 38.4 Å². The van der Waals surface area contributed by atoms with Gasteiger partial charge in [-0.15, -0.1) is 0 Å². The Balaban J connectivity index is 1.58. The molecule has 0 spiro atoms. The summed E-state index contributed by atoms with van der Waals surface area (Å²) in [6.07, 6.45) is -2.84. The Kier molecular flexibility index (Phi) is 7.45. The van der Waals surface area contributed by atoms with Crippen LogP contribution in [0.4, 0.5) is 18.9 Å². The molecule has 0 aliphatic carbocycles. The summed E-state index contributed by atoms with van der Waals surface area (Å²) in [5.74, 6) is -0.313. The van der Waals surface area contributed by atoms with Crippen molar-refractivity contribution in [3.8, 4) is 0 Å². The fourth-order valence-corrected chi connectivity index (χ4v) is 4.37. The van der Waals surface area contributed by atoms with Gasteiger partial charge in [-0.25, -0.2) is 8.42 Å². The van der Waals surface area contributed by atoms with Gasteiger partial charge >= 0.3 is 6.18 Å². The highest BCUT2D eigenvalue weighted by molar-refractivity contribution is 7.88. The van der Waals surface area contributed by atoms with E-state index in [4.69, 9.17) is 0 Å². The minimum atomic E-state index is -4.41. The Morgan fingerprint density at radius 2 is 1.66 bits per heavy atom. The van der Waals surface area contributed by atoms with Crippen molar-refractivity contribution in [2.45, 2.75) is 12.6 Å². The summed E-state index contributed by atoms with van der Waals surface area (Å²) in [5, 5.41) is 0. The lowest BCUT2D eigenvalue weighted by Gasteiger charge is -2.37. The first-order valence-electron chi connectivity index (χ1n) is 10.2. The fraction of sp³-hybridized carbons (Fsp3) is 0.409. The highest BCUT2D eigenvalue weighted by Gasteiger charge is 2.31. The van der Waals surface area contributed by atoms with E-state index in [0.717, 1.165) is 24.0 Å². The highest BCUT2D eigenvalue weighted by Crippen LogP contribution is 2.31. The maximum atomic E-state index is 13.0. The van der Waals surface area contributed by atoms with Crippen molar-refractivity contribution in [2.75, 3.05) is 50.4 Å². The maximum Gasteiger partial charge on any atom is 0.416 e. The number of benzene rings is 2. The number of carbonyl (C=O) groups excluding carboxylic acids is 1. The first-order valence-corrected chi connectivity index (χ1v) is 12.1. The molecule has 1 amide bonds. The van der Waals surface area contributed by atoms with E-state index < -0.39 is 21.8 Å². The average molecular weight is 470 g/mol. The van der Waals surface area contributed by atoms with Crippen LogP contribution in [0.3, 0.4) is 0 Å². The SMILES string of the molecule is CS(=O)(=O)N(CCc1ccccc1)CC(=O)N1CCN(c2cccc(C(F)(F)F)c2)CC1. The van der Waals surface area contributed by atoms with Crippen LogP contribution in [0.2, 0.25) is 0 Å². The molecule has 0 bridgehead atoms. The summed E-state index contributed by atoms with van der Waals surface area (Å²) < 4.78 is 64.4. The van der Waals surface area contributed by atoms with Crippen LogP contribution in [-0.4, -0.2) is 69.1 Å². The van der Waals surface area contributed by atoms with Crippen molar-refractivity contribution in [1.29, 1.82) is 0 Å². The Morgan fingerprint density at radius 3 is 2.25 bits per heavy atom. The van der Waals surface area contributed by atoms with Crippen LogP contribution in [0, 0.1) is 0 Å². The third-order valence-electron chi connectivity index (χ3n) is 5.44. The van der Waals surface area contributed by atoms with E-state index in [-0.39, 0.29) is 19.0 Å². The summed E-state index contributed by atoms with van der Waals surface area (Å²) in [6, 6.07) is 14.5. The minimum absolute atomic E-state index is 0.193. The van der Waals surface area contributed by atoms with Gasteiger partial charge in [-0.3, -0.25) is 4.79 Å². The number of alkyl halides is 3. The second-order valence-corrected chi connectivity index (χ2v) is 9.73. The first-order chi connectivity index (χ1) is 15.0. The molecule has 10 heteroatoms. The molecule has 2 aromatic rings. The van der Waals surface area contributed by atoms with Crippen molar-refractivity contribution in [3.63, 3.8) is 0 Å². The van der Waals surface area contributed by atoms with Gasteiger partial charge in [0.05, 0.1) is 18.4 Å². The number of rotatable bonds is 7. The number of hydrogen-bond donors (Lipinski definition) is 0. The molecule has 2 aromatic carbocycles. The van der Waals surface area contributed by atoms with E-state index in [0.29, 0.717) is 38.3 Å². The van der Waals surface area contributed by atoms with Gasteiger partial charge in [0.15, 0.2) is 0 Å². The van der Waals surface area contributed by atoms with E-state index in [9.17, 15) is 26.4 Å². The van der Waals surface area contributed by atoms with Crippen molar-refractivity contribution in [1.82, 2.24) is 9.21 Å². The molecule has 1 saturated heterocycles. The zero-order valence-corrected chi connectivity index (χ0v) is 18.6. The summed E-state index contributed by atoms with van der Waals surface area (Å²) in [7, 11) is -3.57. The number of hydrogen-bond acceptors (Lipinski definition) is 4. The Labute approximate surface area is 186 Å². The van der Waals surface area contributed by atoms with Gasteiger partial charge in [-0.05, 0) is 30.2 Å². The molecule has 3 rings (SSSR count). The summed E-state index contributed by atoms with van der Waals surface area (Å²) >= 11 is 0. The summed E-state index contributed by atoms with van der Waals surface area (Å²) in [6.45, 7) is 1.30. The summed E-state index contributed by atoms with van der Waals surface area (Å²) in [4.78, 5) is 16.1. The van der Waals surface area contributed by atoms with E-state index in [1.54, 1.807) is 15.9 Å². The third-order valence-corrected chi connectivity index (χ3v) is 6.69. The van der Waals surface area contributed by atoms with Crippen molar-refractivity contribution >= 4 is 21.6 Å². The standard InChI is InChI=1S/C22H26F3N3O3S/c1-32(30,31)28(11-10-18-6-3-2-4-7-18)17-21(29)27-14-12-26(13-15-27)20-9-5-8-19(16-20)22(23,24)25/h2-9,16H,10-15,17H2,1H3. The zero-order valence-electron chi connectivity index (χ0n) is 17.8. The molecule has 174 valence electrons. The number of carbonyl (C=O) groups is 1. The molecule has 1 heterocycles. The van der Waals surface area contributed by atoms with Gasteiger partial charge in [-0.2, -0.15) is 17.5 Å². The largest absolute Gasteiger partial charge is 0.416 e. The van der Waals surface area contributed by atoms with Crippen LogP contribution in [0.25, 0.3) is 0 Å². The topological polar surface area (TPSA) is 60.9 Å². The van der Waals surface area contributed by atoms with Gasteiger partial charge in [0.1, 0.15) is 0 Å². The average Bonchev–Trinajstić information content (AvgIpc) is 2.76. The van der Waals surface area contributed by atoms with Crippen LogP contribution in [-0.2, 0) is 27.4 Å². The molecule has 1 aliphatic rings. The highest BCUT2D eigenvalue weighted by atomic mass is 32.2. The monoisotopic (exact) mass is 469 g/mol. The van der Waals surface area contributed by atoms with Crippen LogP contribution < -0.4 is 4.90 Å². The van der Waals surface area contributed by atoms with Gasteiger partial charge in [0.25, 0.3) is 0 Å². The maximum absolute atomic E-state index is 13.0. The van der Waals surface area contributed by atoms with E-state index >= 15 is 0 Å². The van der Waals surface area contributed by atoms with Gasteiger partial charge in [0.2, 0.25) is 15.9 Å². The predicted octanol–water partition coefficient (Wildman–Crippen LogP) is 2.86. The molecule has 0 saturated carbocycles. The zero-order chi connectivity index (χ0) is 23.4.